The van der Waals surface area contributed by atoms with E-state index in [0.29, 0.717) is 6.04 Å². The Kier molecular flexibility index (Phi) is 7.11. The number of benzene rings is 1. The van der Waals surface area contributed by atoms with Gasteiger partial charge < -0.3 is 19.3 Å². The Morgan fingerprint density at radius 2 is 2.00 bits per heavy atom. The fourth-order valence-electron chi connectivity index (χ4n) is 3.81. The standard InChI is InChI=1S/C20H33N3O2/c1-21(17-19-7-5-9-22(19)2)16-18-6-3-4-8-20(18)25-15-12-23-10-13-24-14-11-23/h3-4,6,8,19H,5,7,9-17H2,1-2H3. The highest BCUT2D eigenvalue weighted by Gasteiger charge is 2.22. The number of nitrogens with zero attached hydrogens (tertiary/aromatic N) is 3. The van der Waals surface area contributed by atoms with Crippen molar-refractivity contribution in [2.75, 3.05) is 66.6 Å². The smallest absolute Gasteiger partial charge is 0.123 e. The van der Waals surface area contributed by atoms with E-state index in [0.717, 1.165) is 58.3 Å². The van der Waals surface area contributed by atoms with Crippen LogP contribution in [0, 0.1) is 0 Å². The van der Waals surface area contributed by atoms with E-state index in [4.69, 9.17) is 9.47 Å². The second kappa shape index (κ2) is 9.53. The van der Waals surface area contributed by atoms with Gasteiger partial charge in [0.15, 0.2) is 0 Å². The van der Waals surface area contributed by atoms with E-state index in [-0.39, 0.29) is 0 Å². The van der Waals surface area contributed by atoms with Crippen LogP contribution in [0.2, 0.25) is 0 Å². The molecule has 0 N–H and O–H groups in total. The third-order valence-corrected chi connectivity index (χ3v) is 5.38. The molecular weight excluding hydrogens is 314 g/mol. The molecule has 0 radical (unpaired) electrons. The van der Waals surface area contributed by atoms with Gasteiger partial charge in [-0.3, -0.25) is 4.90 Å². The van der Waals surface area contributed by atoms with Gasteiger partial charge in [0, 0.05) is 44.3 Å². The average molecular weight is 348 g/mol. The Morgan fingerprint density at radius 1 is 1.20 bits per heavy atom. The quantitative estimate of drug-likeness (QED) is 0.716. The molecule has 1 aromatic rings. The van der Waals surface area contributed by atoms with Gasteiger partial charge in [0.2, 0.25) is 0 Å². The normalized spacial score (nSPS) is 22.6. The minimum absolute atomic E-state index is 0.694. The summed E-state index contributed by atoms with van der Waals surface area (Å²) in [5.41, 5.74) is 1.28. The lowest BCUT2D eigenvalue weighted by atomic mass is 10.1. The van der Waals surface area contributed by atoms with Crippen LogP contribution in [0.1, 0.15) is 18.4 Å². The Hall–Kier alpha value is -1.14. The summed E-state index contributed by atoms with van der Waals surface area (Å²) in [5, 5.41) is 0. The van der Waals surface area contributed by atoms with Gasteiger partial charge in [-0.25, -0.2) is 0 Å². The summed E-state index contributed by atoms with van der Waals surface area (Å²) in [5.74, 6) is 1.03. The Bertz CT molecular complexity index is 519. The first kappa shape index (κ1) is 18.6. The van der Waals surface area contributed by atoms with Crippen LogP contribution in [-0.2, 0) is 11.3 Å². The number of ether oxygens (including phenoxy) is 2. The second-order valence-electron chi connectivity index (χ2n) is 7.38. The minimum Gasteiger partial charge on any atom is -0.492 e. The van der Waals surface area contributed by atoms with Crippen LogP contribution in [0.4, 0.5) is 0 Å². The van der Waals surface area contributed by atoms with Crippen LogP contribution in [0.25, 0.3) is 0 Å². The summed E-state index contributed by atoms with van der Waals surface area (Å²) in [7, 11) is 4.46. The van der Waals surface area contributed by atoms with Crippen molar-refractivity contribution in [3.05, 3.63) is 29.8 Å². The molecule has 5 nitrogen and oxygen atoms in total. The van der Waals surface area contributed by atoms with Crippen LogP contribution < -0.4 is 4.74 Å². The van der Waals surface area contributed by atoms with E-state index in [1.54, 1.807) is 0 Å². The van der Waals surface area contributed by atoms with Crippen LogP contribution >= 0.6 is 0 Å². The number of para-hydroxylation sites is 1. The summed E-state index contributed by atoms with van der Waals surface area (Å²) in [4.78, 5) is 7.33. The molecule has 2 fully saturated rings. The molecule has 1 unspecified atom stereocenters. The molecule has 25 heavy (non-hydrogen) atoms. The lowest BCUT2D eigenvalue weighted by Crippen LogP contribution is -2.38. The maximum atomic E-state index is 6.11. The fourth-order valence-corrected chi connectivity index (χ4v) is 3.81. The van der Waals surface area contributed by atoms with Gasteiger partial charge in [0.25, 0.3) is 0 Å². The highest BCUT2D eigenvalue weighted by atomic mass is 16.5. The molecule has 0 amide bonds. The zero-order chi connectivity index (χ0) is 17.5. The monoisotopic (exact) mass is 347 g/mol. The van der Waals surface area contributed by atoms with E-state index >= 15 is 0 Å². The van der Waals surface area contributed by atoms with Crippen LogP contribution in [0.3, 0.4) is 0 Å². The zero-order valence-corrected chi connectivity index (χ0v) is 15.8. The SMILES string of the molecule is CN(Cc1ccccc1OCCN1CCOCC1)CC1CCCN1C. The molecule has 2 heterocycles. The van der Waals surface area contributed by atoms with E-state index in [2.05, 4.69) is 53.1 Å². The maximum absolute atomic E-state index is 6.11. The van der Waals surface area contributed by atoms with Gasteiger partial charge >= 0.3 is 0 Å². The number of morpholine rings is 1. The molecule has 2 aliphatic rings. The summed E-state index contributed by atoms with van der Waals surface area (Å²) in [6.45, 7) is 8.74. The molecule has 0 bridgehead atoms. The van der Waals surface area contributed by atoms with Crippen molar-refractivity contribution in [2.24, 2.45) is 0 Å². The van der Waals surface area contributed by atoms with Crippen molar-refractivity contribution >= 4 is 0 Å². The molecule has 2 saturated heterocycles. The van der Waals surface area contributed by atoms with Crippen LogP contribution in [0.5, 0.6) is 5.75 Å². The van der Waals surface area contributed by atoms with Gasteiger partial charge in [-0.15, -0.1) is 0 Å². The van der Waals surface area contributed by atoms with Gasteiger partial charge in [-0.05, 0) is 39.5 Å². The second-order valence-corrected chi connectivity index (χ2v) is 7.38. The number of rotatable bonds is 8. The molecule has 5 heteroatoms. The topological polar surface area (TPSA) is 28.2 Å². The van der Waals surface area contributed by atoms with Crippen molar-refractivity contribution < 1.29 is 9.47 Å². The van der Waals surface area contributed by atoms with Gasteiger partial charge in [-0.2, -0.15) is 0 Å². The third kappa shape index (κ3) is 5.68. The van der Waals surface area contributed by atoms with Gasteiger partial charge in [-0.1, -0.05) is 18.2 Å². The molecule has 3 rings (SSSR count). The Labute approximate surface area is 152 Å². The lowest BCUT2D eigenvalue weighted by molar-refractivity contribution is 0.0321. The number of likely N-dealkylation sites (tertiary alicyclic amines) is 1. The Balaban J connectivity index is 1.47. The van der Waals surface area contributed by atoms with E-state index in [1.165, 1.54) is 24.9 Å². The predicted molar refractivity (Wildman–Crippen MR) is 101 cm³/mol. The first-order chi connectivity index (χ1) is 12.2. The van der Waals surface area contributed by atoms with Gasteiger partial charge in [0.1, 0.15) is 12.4 Å². The molecule has 0 spiro atoms. The highest BCUT2D eigenvalue weighted by molar-refractivity contribution is 5.33. The van der Waals surface area contributed by atoms with Crippen LogP contribution in [-0.4, -0.2) is 87.4 Å². The molecule has 1 atom stereocenters. The van der Waals surface area contributed by atoms with Gasteiger partial charge in [0.05, 0.1) is 13.2 Å². The largest absolute Gasteiger partial charge is 0.492 e. The molecule has 0 aliphatic carbocycles. The molecule has 0 aromatic heterocycles. The average Bonchev–Trinajstić information content (AvgIpc) is 3.02. The predicted octanol–water partition coefficient (Wildman–Crippen LogP) is 1.92. The molecule has 140 valence electrons. The number of likely N-dealkylation sites (N-methyl/N-ethyl adjacent to an activating group) is 2. The molecule has 1 aromatic carbocycles. The lowest BCUT2D eigenvalue weighted by Gasteiger charge is -2.27. The van der Waals surface area contributed by atoms with Crippen molar-refractivity contribution in [1.29, 1.82) is 0 Å². The summed E-state index contributed by atoms with van der Waals surface area (Å²) in [6, 6.07) is 9.17. The minimum atomic E-state index is 0.694. The molecule has 2 aliphatic heterocycles. The zero-order valence-electron chi connectivity index (χ0n) is 15.8. The first-order valence-electron chi connectivity index (χ1n) is 9.62. The molecule has 0 saturated carbocycles. The van der Waals surface area contributed by atoms with Crippen molar-refractivity contribution in [3.63, 3.8) is 0 Å². The van der Waals surface area contributed by atoms with Crippen molar-refractivity contribution in [1.82, 2.24) is 14.7 Å². The number of hydrogen-bond acceptors (Lipinski definition) is 5. The molecular formula is C20H33N3O2. The summed E-state index contributed by atoms with van der Waals surface area (Å²) in [6.07, 6.45) is 2.65. The fraction of sp³-hybridized carbons (Fsp3) is 0.700. The third-order valence-electron chi connectivity index (χ3n) is 5.38. The number of hydrogen-bond donors (Lipinski definition) is 0. The highest BCUT2D eigenvalue weighted by Crippen LogP contribution is 2.21. The van der Waals surface area contributed by atoms with E-state index in [1.807, 2.05) is 0 Å². The summed E-state index contributed by atoms with van der Waals surface area (Å²) < 4.78 is 11.5. The first-order valence-corrected chi connectivity index (χ1v) is 9.62. The maximum Gasteiger partial charge on any atom is 0.123 e. The van der Waals surface area contributed by atoms with Crippen molar-refractivity contribution in [3.8, 4) is 5.75 Å². The van der Waals surface area contributed by atoms with Crippen molar-refractivity contribution in [2.45, 2.75) is 25.4 Å². The van der Waals surface area contributed by atoms with E-state index in [9.17, 15) is 0 Å². The Morgan fingerprint density at radius 3 is 2.76 bits per heavy atom. The van der Waals surface area contributed by atoms with E-state index < -0.39 is 0 Å². The van der Waals surface area contributed by atoms with Crippen LogP contribution in [0.15, 0.2) is 24.3 Å². The summed E-state index contributed by atoms with van der Waals surface area (Å²) >= 11 is 0.